The SMILES string of the molecule is Cc1cccc(C(c2ccccc2C(F)(F)F)N2CCC(C(=O)O)CC2)c1. The van der Waals surface area contributed by atoms with Gasteiger partial charge in [-0.15, -0.1) is 0 Å². The van der Waals surface area contributed by atoms with Gasteiger partial charge in [-0.25, -0.2) is 0 Å². The maximum Gasteiger partial charge on any atom is 0.416 e. The zero-order chi connectivity index (χ0) is 19.6. The van der Waals surface area contributed by atoms with Gasteiger partial charge in [-0.1, -0.05) is 48.0 Å². The van der Waals surface area contributed by atoms with Gasteiger partial charge in [0.25, 0.3) is 0 Å². The van der Waals surface area contributed by atoms with Crippen LogP contribution in [0, 0.1) is 12.8 Å². The van der Waals surface area contributed by atoms with Gasteiger partial charge in [-0.3, -0.25) is 9.69 Å². The van der Waals surface area contributed by atoms with Crippen LogP contribution in [0.2, 0.25) is 0 Å². The second-order valence-electron chi connectivity index (χ2n) is 7.05. The lowest BCUT2D eigenvalue weighted by atomic mass is 9.88. The first kappa shape index (κ1) is 19.4. The van der Waals surface area contributed by atoms with Crippen molar-refractivity contribution >= 4 is 5.97 Å². The molecular formula is C21H22F3NO2. The molecule has 0 aliphatic carbocycles. The summed E-state index contributed by atoms with van der Waals surface area (Å²) in [6, 6.07) is 12.6. The van der Waals surface area contributed by atoms with E-state index < -0.39 is 29.7 Å². The number of carboxylic acids is 1. The van der Waals surface area contributed by atoms with Gasteiger partial charge in [0.15, 0.2) is 0 Å². The molecule has 1 heterocycles. The zero-order valence-electron chi connectivity index (χ0n) is 15.0. The molecule has 1 aliphatic rings. The van der Waals surface area contributed by atoms with Crippen molar-refractivity contribution in [3.8, 4) is 0 Å². The number of hydrogen-bond donors (Lipinski definition) is 1. The highest BCUT2D eigenvalue weighted by atomic mass is 19.4. The molecule has 1 saturated heterocycles. The second kappa shape index (κ2) is 7.72. The molecule has 0 radical (unpaired) electrons. The predicted octanol–water partition coefficient (Wildman–Crippen LogP) is 4.90. The van der Waals surface area contributed by atoms with Crippen molar-refractivity contribution < 1.29 is 23.1 Å². The molecule has 27 heavy (non-hydrogen) atoms. The molecule has 1 N–H and O–H groups in total. The van der Waals surface area contributed by atoms with Crippen LogP contribution >= 0.6 is 0 Å². The van der Waals surface area contributed by atoms with Crippen molar-refractivity contribution in [3.63, 3.8) is 0 Å². The van der Waals surface area contributed by atoms with E-state index in [0.717, 1.165) is 17.2 Å². The van der Waals surface area contributed by atoms with Crippen molar-refractivity contribution in [2.45, 2.75) is 32.0 Å². The fourth-order valence-electron chi connectivity index (χ4n) is 3.83. The highest BCUT2D eigenvalue weighted by Crippen LogP contribution is 2.40. The van der Waals surface area contributed by atoms with Gasteiger partial charge < -0.3 is 5.11 Å². The van der Waals surface area contributed by atoms with Crippen molar-refractivity contribution in [2.75, 3.05) is 13.1 Å². The number of aryl methyl sites for hydroxylation is 1. The Morgan fingerprint density at radius 3 is 2.37 bits per heavy atom. The van der Waals surface area contributed by atoms with Crippen molar-refractivity contribution in [2.24, 2.45) is 5.92 Å². The largest absolute Gasteiger partial charge is 0.481 e. The molecule has 3 nitrogen and oxygen atoms in total. The van der Waals surface area contributed by atoms with E-state index in [4.69, 9.17) is 0 Å². The number of rotatable bonds is 4. The molecule has 0 amide bonds. The Hall–Kier alpha value is -2.34. The summed E-state index contributed by atoms with van der Waals surface area (Å²) < 4.78 is 40.9. The Bertz CT molecular complexity index is 811. The average molecular weight is 377 g/mol. The highest BCUT2D eigenvalue weighted by Gasteiger charge is 2.38. The van der Waals surface area contributed by atoms with Gasteiger partial charge in [0.05, 0.1) is 17.5 Å². The third-order valence-corrected chi connectivity index (χ3v) is 5.16. The minimum atomic E-state index is -4.45. The molecule has 1 fully saturated rings. The van der Waals surface area contributed by atoms with Gasteiger partial charge in [0, 0.05) is 0 Å². The summed E-state index contributed by atoms with van der Waals surface area (Å²) in [7, 11) is 0. The molecule has 144 valence electrons. The van der Waals surface area contributed by atoms with Crippen LogP contribution in [0.1, 0.15) is 41.1 Å². The van der Waals surface area contributed by atoms with Crippen molar-refractivity contribution in [3.05, 3.63) is 70.8 Å². The molecule has 0 saturated carbocycles. The summed E-state index contributed by atoms with van der Waals surface area (Å²) in [4.78, 5) is 13.2. The maximum absolute atomic E-state index is 13.6. The lowest BCUT2D eigenvalue weighted by Gasteiger charge is -2.38. The van der Waals surface area contributed by atoms with Crippen LogP contribution < -0.4 is 0 Å². The minimum absolute atomic E-state index is 0.212. The number of piperidine rings is 1. The Balaban J connectivity index is 2.04. The number of halogens is 3. The van der Waals surface area contributed by atoms with Gasteiger partial charge in [0.1, 0.15) is 0 Å². The molecule has 1 aliphatic heterocycles. The van der Waals surface area contributed by atoms with Crippen LogP contribution in [0.15, 0.2) is 48.5 Å². The Labute approximate surface area is 156 Å². The Morgan fingerprint density at radius 2 is 1.78 bits per heavy atom. The summed E-state index contributed by atoms with van der Waals surface area (Å²) >= 11 is 0. The number of carbonyl (C=O) groups is 1. The Kier molecular flexibility index (Phi) is 5.56. The van der Waals surface area contributed by atoms with E-state index >= 15 is 0 Å². The highest BCUT2D eigenvalue weighted by molar-refractivity contribution is 5.70. The molecule has 1 unspecified atom stereocenters. The molecule has 2 aromatic rings. The van der Waals surface area contributed by atoms with Crippen molar-refractivity contribution in [1.29, 1.82) is 0 Å². The molecular weight excluding hydrogens is 355 g/mol. The molecule has 0 bridgehead atoms. The fraction of sp³-hybridized carbons (Fsp3) is 0.381. The van der Waals surface area contributed by atoms with E-state index in [0.29, 0.717) is 25.9 Å². The summed E-state index contributed by atoms with van der Waals surface area (Å²) in [5.74, 6) is -1.27. The predicted molar refractivity (Wildman–Crippen MR) is 96.4 cm³/mol. The van der Waals surface area contributed by atoms with E-state index in [1.165, 1.54) is 12.1 Å². The lowest BCUT2D eigenvalue weighted by Crippen LogP contribution is -2.39. The number of aliphatic carboxylic acids is 1. The topological polar surface area (TPSA) is 40.5 Å². The Morgan fingerprint density at radius 1 is 1.11 bits per heavy atom. The second-order valence-corrected chi connectivity index (χ2v) is 7.05. The van der Waals surface area contributed by atoms with Crippen LogP contribution in [0.25, 0.3) is 0 Å². The normalized spacial score (nSPS) is 17.6. The number of likely N-dealkylation sites (tertiary alicyclic amines) is 1. The number of benzene rings is 2. The minimum Gasteiger partial charge on any atom is -0.481 e. The van der Waals surface area contributed by atoms with Crippen LogP contribution in [0.4, 0.5) is 13.2 Å². The average Bonchev–Trinajstić information content (AvgIpc) is 2.62. The number of nitrogens with zero attached hydrogens (tertiary/aromatic N) is 1. The third kappa shape index (κ3) is 4.33. The fourth-order valence-corrected chi connectivity index (χ4v) is 3.83. The molecule has 0 spiro atoms. The van der Waals surface area contributed by atoms with Crippen LogP contribution in [0.3, 0.4) is 0 Å². The molecule has 1 atom stereocenters. The van der Waals surface area contributed by atoms with Gasteiger partial charge in [0.2, 0.25) is 0 Å². The quantitative estimate of drug-likeness (QED) is 0.824. The van der Waals surface area contributed by atoms with E-state index in [2.05, 4.69) is 0 Å². The van der Waals surface area contributed by atoms with Gasteiger partial charge >= 0.3 is 12.1 Å². The standard InChI is InChI=1S/C21H22F3NO2/c1-14-5-4-6-16(13-14)19(25-11-9-15(10-12-25)20(26)27)17-7-2-3-8-18(17)21(22,23)24/h2-8,13,15,19H,9-12H2,1H3,(H,26,27). The zero-order valence-corrected chi connectivity index (χ0v) is 15.0. The smallest absolute Gasteiger partial charge is 0.416 e. The van der Waals surface area contributed by atoms with Crippen LogP contribution in [-0.4, -0.2) is 29.1 Å². The first-order valence-electron chi connectivity index (χ1n) is 8.97. The molecule has 2 aromatic carbocycles. The van der Waals surface area contributed by atoms with Gasteiger partial charge in [-0.2, -0.15) is 13.2 Å². The monoisotopic (exact) mass is 377 g/mol. The number of hydrogen-bond acceptors (Lipinski definition) is 2. The van der Waals surface area contributed by atoms with E-state index in [-0.39, 0.29) is 5.56 Å². The van der Waals surface area contributed by atoms with Gasteiger partial charge in [-0.05, 0) is 50.0 Å². The summed E-state index contributed by atoms with van der Waals surface area (Å²) in [5, 5.41) is 9.22. The summed E-state index contributed by atoms with van der Waals surface area (Å²) in [6.07, 6.45) is -3.57. The van der Waals surface area contributed by atoms with E-state index in [1.807, 2.05) is 36.1 Å². The van der Waals surface area contributed by atoms with Crippen LogP contribution in [-0.2, 0) is 11.0 Å². The molecule has 3 rings (SSSR count). The lowest BCUT2D eigenvalue weighted by molar-refractivity contribution is -0.143. The molecule has 0 aromatic heterocycles. The maximum atomic E-state index is 13.6. The summed E-state index contributed by atoms with van der Waals surface area (Å²) in [6.45, 7) is 2.80. The number of alkyl halides is 3. The summed E-state index contributed by atoms with van der Waals surface area (Å²) in [5.41, 5.74) is 1.34. The number of carboxylic acid groups (broad SMARTS) is 1. The first-order valence-corrected chi connectivity index (χ1v) is 8.97. The first-order chi connectivity index (χ1) is 12.8. The van der Waals surface area contributed by atoms with Crippen LogP contribution in [0.5, 0.6) is 0 Å². The molecule has 6 heteroatoms. The van der Waals surface area contributed by atoms with E-state index in [1.54, 1.807) is 6.07 Å². The van der Waals surface area contributed by atoms with E-state index in [9.17, 15) is 23.1 Å². The van der Waals surface area contributed by atoms with Crippen molar-refractivity contribution in [1.82, 2.24) is 4.90 Å². The third-order valence-electron chi connectivity index (χ3n) is 5.16.